The van der Waals surface area contributed by atoms with Gasteiger partial charge in [0.1, 0.15) is 17.1 Å². The summed E-state index contributed by atoms with van der Waals surface area (Å²) in [6, 6.07) is 3.02. The van der Waals surface area contributed by atoms with Crippen molar-refractivity contribution >= 4 is 5.97 Å². The third-order valence-electron chi connectivity index (χ3n) is 1.96. The second-order valence-electron chi connectivity index (χ2n) is 3.17. The summed E-state index contributed by atoms with van der Waals surface area (Å²) in [5.41, 5.74) is 3.70. The predicted molar refractivity (Wildman–Crippen MR) is 47.2 cm³/mol. The maximum atomic E-state index is 12.6. The Bertz CT molecular complexity index is 376. The molecule has 1 aromatic rings. The maximum Gasteiger partial charge on any atom is 0.328 e. The van der Waals surface area contributed by atoms with E-state index < -0.39 is 23.1 Å². The Kier molecular flexibility index (Phi) is 2.44. The zero-order valence-electron chi connectivity index (χ0n) is 7.49. The van der Waals surface area contributed by atoms with E-state index in [1.165, 1.54) is 6.92 Å². The highest BCUT2D eigenvalue weighted by molar-refractivity contribution is 5.80. The number of nitrogens with two attached hydrogens (primary N) is 1. The van der Waals surface area contributed by atoms with Crippen LogP contribution in [0.1, 0.15) is 12.5 Å². The summed E-state index contributed by atoms with van der Waals surface area (Å²) in [5.74, 6) is -2.40. The molecule has 0 amide bonds. The fraction of sp³-hybridized carbons (Fsp3) is 0.222. The average Bonchev–Trinajstić information content (AvgIpc) is 2.02. The summed E-state index contributed by atoms with van der Waals surface area (Å²) in [5, 5.41) is 18.1. The topological polar surface area (TPSA) is 83.6 Å². The third-order valence-corrected chi connectivity index (χ3v) is 1.96. The van der Waals surface area contributed by atoms with E-state index in [2.05, 4.69) is 0 Å². The molecule has 0 aliphatic rings. The third kappa shape index (κ3) is 1.67. The van der Waals surface area contributed by atoms with Crippen LogP contribution in [0.25, 0.3) is 0 Å². The van der Waals surface area contributed by atoms with Crippen molar-refractivity contribution in [2.75, 3.05) is 0 Å². The van der Waals surface area contributed by atoms with Crippen LogP contribution in [0.15, 0.2) is 18.2 Å². The number of phenolic OH excluding ortho intramolecular Hbond substituents is 1. The molecule has 0 saturated carbocycles. The number of carboxylic acid groups (broad SMARTS) is 1. The molecule has 0 saturated heterocycles. The van der Waals surface area contributed by atoms with Crippen molar-refractivity contribution in [3.8, 4) is 5.75 Å². The molecule has 1 aromatic carbocycles. The quantitative estimate of drug-likeness (QED) is 0.657. The molecular formula is C9H10FNO3. The highest BCUT2D eigenvalue weighted by Gasteiger charge is 2.32. The van der Waals surface area contributed by atoms with Gasteiger partial charge in [0.05, 0.1) is 0 Å². The lowest BCUT2D eigenvalue weighted by Crippen LogP contribution is -2.41. The highest BCUT2D eigenvalue weighted by atomic mass is 19.1. The molecule has 4 nitrogen and oxygen atoms in total. The Hall–Kier alpha value is -1.62. The van der Waals surface area contributed by atoms with Crippen molar-refractivity contribution in [1.29, 1.82) is 0 Å². The molecule has 0 heterocycles. The van der Waals surface area contributed by atoms with Crippen molar-refractivity contribution in [2.24, 2.45) is 5.73 Å². The number of aliphatic carboxylic acids is 1. The van der Waals surface area contributed by atoms with Gasteiger partial charge in [0.25, 0.3) is 0 Å². The summed E-state index contributed by atoms with van der Waals surface area (Å²) in [4.78, 5) is 10.7. The highest BCUT2D eigenvalue weighted by Crippen LogP contribution is 2.27. The van der Waals surface area contributed by atoms with Gasteiger partial charge in [0.15, 0.2) is 0 Å². The fourth-order valence-corrected chi connectivity index (χ4v) is 1.06. The van der Waals surface area contributed by atoms with Crippen LogP contribution in [-0.2, 0) is 10.3 Å². The van der Waals surface area contributed by atoms with Gasteiger partial charge in [-0.3, -0.25) is 0 Å². The number of phenols is 1. The summed E-state index contributed by atoms with van der Waals surface area (Å²) < 4.78 is 12.6. The first kappa shape index (κ1) is 10.5. The molecule has 0 fully saturated rings. The first-order valence-electron chi connectivity index (χ1n) is 3.87. The van der Waals surface area contributed by atoms with Crippen LogP contribution in [-0.4, -0.2) is 16.2 Å². The number of carbonyl (C=O) groups is 1. The molecule has 0 bridgehead atoms. The van der Waals surface area contributed by atoms with E-state index >= 15 is 0 Å². The summed E-state index contributed by atoms with van der Waals surface area (Å²) >= 11 is 0. The monoisotopic (exact) mass is 199 g/mol. The van der Waals surface area contributed by atoms with Gasteiger partial charge in [-0.05, 0) is 19.1 Å². The number of halogens is 1. The lowest BCUT2D eigenvalue weighted by Gasteiger charge is -2.20. The molecule has 0 aromatic heterocycles. The standard InChI is InChI=1S/C9H10FNO3/c1-9(11,8(13)14)6-3-2-5(10)4-7(6)12/h2-4,12H,11H2,1H3,(H,13,14). The van der Waals surface area contributed by atoms with Gasteiger partial charge >= 0.3 is 5.97 Å². The van der Waals surface area contributed by atoms with Gasteiger partial charge in [-0.2, -0.15) is 0 Å². The minimum absolute atomic E-state index is 0.0219. The second-order valence-corrected chi connectivity index (χ2v) is 3.17. The van der Waals surface area contributed by atoms with Crippen LogP contribution in [0.4, 0.5) is 4.39 Å². The summed E-state index contributed by atoms with van der Waals surface area (Å²) in [6.07, 6.45) is 0. The fourth-order valence-electron chi connectivity index (χ4n) is 1.06. The van der Waals surface area contributed by atoms with Crippen LogP contribution in [0.3, 0.4) is 0 Å². The molecule has 76 valence electrons. The Morgan fingerprint density at radius 1 is 1.57 bits per heavy atom. The zero-order valence-corrected chi connectivity index (χ0v) is 7.49. The molecule has 1 rings (SSSR count). The van der Waals surface area contributed by atoms with E-state index in [1.807, 2.05) is 0 Å². The van der Waals surface area contributed by atoms with Crippen molar-refractivity contribution in [3.05, 3.63) is 29.6 Å². The first-order chi connectivity index (χ1) is 6.35. The molecule has 1 atom stereocenters. The van der Waals surface area contributed by atoms with E-state index in [9.17, 15) is 14.3 Å². The Morgan fingerprint density at radius 2 is 2.14 bits per heavy atom. The normalized spacial score (nSPS) is 14.8. The molecule has 0 aliphatic carbocycles. The smallest absolute Gasteiger partial charge is 0.328 e. The molecule has 5 heteroatoms. The molecule has 0 radical (unpaired) electrons. The van der Waals surface area contributed by atoms with Crippen LogP contribution >= 0.6 is 0 Å². The van der Waals surface area contributed by atoms with Gasteiger partial charge in [0, 0.05) is 11.6 Å². The molecule has 0 aliphatic heterocycles. The van der Waals surface area contributed by atoms with Crippen LogP contribution in [0, 0.1) is 5.82 Å². The maximum absolute atomic E-state index is 12.6. The van der Waals surface area contributed by atoms with Gasteiger partial charge in [-0.15, -0.1) is 0 Å². The summed E-state index contributed by atoms with van der Waals surface area (Å²) in [6.45, 7) is 1.22. The largest absolute Gasteiger partial charge is 0.507 e. The van der Waals surface area contributed by atoms with Crippen molar-refractivity contribution in [2.45, 2.75) is 12.5 Å². The number of hydrogen-bond acceptors (Lipinski definition) is 3. The average molecular weight is 199 g/mol. The van der Waals surface area contributed by atoms with Crippen molar-refractivity contribution < 1.29 is 19.4 Å². The minimum Gasteiger partial charge on any atom is -0.507 e. The van der Waals surface area contributed by atoms with Crippen LogP contribution in [0.5, 0.6) is 5.75 Å². The second kappa shape index (κ2) is 3.26. The van der Waals surface area contributed by atoms with Gasteiger partial charge in [0.2, 0.25) is 0 Å². The molecule has 4 N–H and O–H groups in total. The molecule has 14 heavy (non-hydrogen) atoms. The van der Waals surface area contributed by atoms with E-state index in [1.54, 1.807) is 0 Å². The Morgan fingerprint density at radius 3 is 2.57 bits per heavy atom. The number of rotatable bonds is 2. The number of aromatic hydroxyl groups is 1. The minimum atomic E-state index is -1.72. The van der Waals surface area contributed by atoms with E-state index in [4.69, 9.17) is 10.8 Å². The van der Waals surface area contributed by atoms with Gasteiger partial charge < -0.3 is 15.9 Å². The SMILES string of the molecule is CC(N)(C(=O)O)c1ccc(F)cc1O. The van der Waals surface area contributed by atoms with Crippen molar-refractivity contribution in [3.63, 3.8) is 0 Å². The van der Waals surface area contributed by atoms with Gasteiger partial charge in [-0.1, -0.05) is 0 Å². The Balaban J connectivity index is 3.26. The van der Waals surface area contributed by atoms with E-state index in [0.717, 1.165) is 18.2 Å². The van der Waals surface area contributed by atoms with Gasteiger partial charge in [-0.25, -0.2) is 9.18 Å². The van der Waals surface area contributed by atoms with E-state index in [0.29, 0.717) is 0 Å². The molecule has 1 unspecified atom stereocenters. The van der Waals surface area contributed by atoms with Crippen LogP contribution in [0.2, 0.25) is 0 Å². The van der Waals surface area contributed by atoms with Crippen LogP contribution < -0.4 is 5.73 Å². The molecule has 0 spiro atoms. The lowest BCUT2D eigenvalue weighted by molar-refractivity contribution is -0.143. The zero-order chi connectivity index (χ0) is 10.9. The first-order valence-corrected chi connectivity index (χ1v) is 3.87. The van der Waals surface area contributed by atoms with E-state index in [-0.39, 0.29) is 5.56 Å². The number of carboxylic acids is 1. The lowest BCUT2D eigenvalue weighted by atomic mass is 9.92. The molecular weight excluding hydrogens is 189 g/mol. The van der Waals surface area contributed by atoms with Crippen molar-refractivity contribution in [1.82, 2.24) is 0 Å². The predicted octanol–water partition coefficient (Wildman–Crippen LogP) is 0.790. The number of benzene rings is 1. The Labute approximate surface area is 79.8 Å². The summed E-state index contributed by atoms with van der Waals surface area (Å²) in [7, 11) is 0. The number of hydrogen-bond donors (Lipinski definition) is 3.